The van der Waals surface area contributed by atoms with E-state index in [0.29, 0.717) is 4.88 Å². The first-order valence-electron chi connectivity index (χ1n) is 7.99. The molecule has 0 aliphatic carbocycles. The number of carbonyl (C=O) groups is 1. The third-order valence-electron chi connectivity index (χ3n) is 4.17. The van der Waals surface area contributed by atoms with Crippen molar-refractivity contribution in [2.45, 2.75) is 6.92 Å². The standard InChI is InChI=1S/C20H15BrN2O2S/c1-11-7-14(21)3-5-16(11)22-19(24)18-10-13-8-12-9-15(25-2)4-6-17(12)23-20(13)26-18/h3-10H,1-2H3,(H,22,24). The number of ether oxygens (including phenoxy) is 1. The number of methoxy groups -OCH3 is 1. The summed E-state index contributed by atoms with van der Waals surface area (Å²) in [6, 6.07) is 15.5. The maximum atomic E-state index is 12.7. The summed E-state index contributed by atoms with van der Waals surface area (Å²) in [7, 11) is 1.64. The number of pyridine rings is 1. The molecule has 2 aromatic carbocycles. The van der Waals surface area contributed by atoms with Gasteiger partial charge in [-0.05, 0) is 61.0 Å². The second kappa shape index (κ2) is 6.70. The van der Waals surface area contributed by atoms with E-state index >= 15 is 0 Å². The normalized spacial score (nSPS) is 11.0. The van der Waals surface area contributed by atoms with Crippen LogP contribution < -0.4 is 10.1 Å². The first-order valence-corrected chi connectivity index (χ1v) is 9.60. The molecule has 4 aromatic rings. The Kier molecular flexibility index (Phi) is 4.38. The number of hydrogen-bond donors (Lipinski definition) is 1. The van der Waals surface area contributed by atoms with Crippen molar-refractivity contribution in [1.82, 2.24) is 4.98 Å². The van der Waals surface area contributed by atoms with Gasteiger partial charge in [-0.25, -0.2) is 4.98 Å². The molecule has 0 fully saturated rings. The molecule has 0 atom stereocenters. The van der Waals surface area contributed by atoms with Crippen LogP contribution in [0.25, 0.3) is 21.1 Å². The van der Waals surface area contributed by atoms with Crippen molar-refractivity contribution in [2.75, 3.05) is 12.4 Å². The smallest absolute Gasteiger partial charge is 0.265 e. The van der Waals surface area contributed by atoms with Crippen LogP contribution in [0.4, 0.5) is 5.69 Å². The fraction of sp³-hybridized carbons (Fsp3) is 0.100. The minimum absolute atomic E-state index is 0.125. The Morgan fingerprint density at radius 1 is 1.12 bits per heavy atom. The van der Waals surface area contributed by atoms with Crippen LogP contribution in [-0.4, -0.2) is 18.0 Å². The number of thiophene rings is 1. The molecule has 1 amide bonds. The molecule has 0 bridgehead atoms. The van der Waals surface area contributed by atoms with Crippen molar-refractivity contribution in [3.63, 3.8) is 0 Å². The Hall–Kier alpha value is -2.44. The van der Waals surface area contributed by atoms with Crippen molar-refractivity contribution < 1.29 is 9.53 Å². The zero-order valence-electron chi connectivity index (χ0n) is 14.2. The molecule has 0 saturated carbocycles. The summed E-state index contributed by atoms with van der Waals surface area (Å²) in [6.07, 6.45) is 0. The van der Waals surface area contributed by atoms with Crippen molar-refractivity contribution in [3.8, 4) is 5.75 Å². The summed E-state index contributed by atoms with van der Waals surface area (Å²) < 4.78 is 6.26. The van der Waals surface area contributed by atoms with Crippen LogP contribution in [0.1, 0.15) is 15.2 Å². The zero-order valence-corrected chi connectivity index (χ0v) is 16.6. The molecular formula is C20H15BrN2O2S. The lowest BCUT2D eigenvalue weighted by Gasteiger charge is -2.07. The van der Waals surface area contributed by atoms with E-state index in [-0.39, 0.29) is 5.91 Å². The first-order chi connectivity index (χ1) is 12.5. The number of aromatic nitrogens is 1. The summed E-state index contributed by atoms with van der Waals surface area (Å²) in [5, 5.41) is 4.92. The topological polar surface area (TPSA) is 51.2 Å². The molecule has 0 aliphatic rings. The summed E-state index contributed by atoms with van der Waals surface area (Å²) in [6.45, 7) is 1.97. The SMILES string of the molecule is COc1ccc2nc3sc(C(=O)Nc4ccc(Br)cc4C)cc3cc2c1. The summed E-state index contributed by atoms with van der Waals surface area (Å²) in [5.74, 6) is 0.664. The number of benzene rings is 2. The lowest BCUT2D eigenvalue weighted by Crippen LogP contribution is -2.10. The van der Waals surface area contributed by atoms with Crippen molar-refractivity contribution >= 4 is 60.0 Å². The quantitative estimate of drug-likeness (QED) is 0.451. The average Bonchev–Trinajstić information content (AvgIpc) is 3.04. The minimum atomic E-state index is -0.125. The Bertz CT molecular complexity index is 1150. The number of amides is 1. The molecule has 2 heterocycles. The molecule has 130 valence electrons. The van der Waals surface area contributed by atoms with Crippen molar-refractivity contribution in [1.29, 1.82) is 0 Å². The average molecular weight is 427 g/mol. The highest BCUT2D eigenvalue weighted by molar-refractivity contribution is 9.10. The number of rotatable bonds is 3. The predicted molar refractivity (Wildman–Crippen MR) is 111 cm³/mol. The first kappa shape index (κ1) is 17.0. The van der Waals surface area contributed by atoms with Crippen LogP contribution >= 0.6 is 27.3 Å². The summed E-state index contributed by atoms with van der Waals surface area (Å²) in [5.41, 5.74) is 2.69. The van der Waals surface area contributed by atoms with Crippen molar-refractivity contribution in [3.05, 3.63) is 63.4 Å². The van der Waals surface area contributed by atoms with Gasteiger partial charge in [-0.15, -0.1) is 11.3 Å². The van der Waals surface area contributed by atoms with Crippen LogP contribution in [0.5, 0.6) is 5.75 Å². The molecule has 26 heavy (non-hydrogen) atoms. The van der Waals surface area contributed by atoms with Gasteiger partial charge in [0.05, 0.1) is 17.5 Å². The van der Waals surface area contributed by atoms with Gasteiger partial charge in [-0.3, -0.25) is 4.79 Å². The highest BCUT2D eigenvalue weighted by Gasteiger charge is 2.13. The number of aryl methyl sites for hydroxylation is 1. The number of hydrogen-bond acceptors (Lipinski definition) is 4. The molecule has 6 heteroatoms. The van der Waals surface area contributed by atoms with E-state index in [0.717, 1.165) is 42.6 Å². The van der Waals surface area contributed by atoms with Crippen LogP contribution in [-0.2, 0) is 0 Å². The number of carbonyl (C=O) groups excluding carboxylic acids is 1. The van der Waals surface area contributed by atoms with Gasteiger partial charge in [0.1, 0.15) is 10.6 Å². The fourth-order valence-corrected chi connectivity index (χ4v) is 4.20. The van der Waals surface area contributed by atoms with Gasteiger partial charge in [0, 0.05) is 20.9 Å². The van der Waals surface area contributed by atoms with Crippen LogP contribution in [0, 0.1) is 6.92 Å². The molecule has 0 spiro atoms. The fourth-order valence-electron chi connectivity index (χ4n) is 2.80. The summed E-state index contributed by atoms with van der Waals surface area (Å²) >= 11 is 4.83. The van der Waals surface area contributed by atoms with Gasteiger partial charge in [0.15, 0.2) is 0 Å². The van der Waals surface area contributed by atoms with E-state index < -0.39 is 0 Å². The van der Waals surface area contributed by atoms with Crippen LogP contribution in [0.3, 0.4) is 0 Å². The summed E-state index contributed by atoms with van der Waals surface area (Å²) in [4.78, 5) is 18.8. The minimum Gasteiger partial charge on any atom is -0.497 e. The zero-order chi connectivity index (χ0) is 18.3. The number of anilines is 1. The molecule has 4 rings (SSSR count). The third-order valence-corrected chi connectivity index (χ3v) is 5.71. The molecule has 2 aromatic heterocycles. The van der Waals surface area contributed by atoms with E-state index in [1.54, 1.807) is 7.11 Å². The Labute approximate surface area is 162 Å². The molecule has 0 saturated heterocycles. The second-order valence-corrected chi connectivity index (χ2v) is 7.91. The molecule has 1 N–H and O–H groups in total. The van der Waals surface area contributed by atoms with E-state index in [9.17, 15) is 4.79 Å². The van der Waals surface area contributed by atoms with E-state index in [4.69, 9.17) is 4.74 Å². The second-order valence-electron chi connectivity index (χ2n) is 5.97. The molecule has 0 radical (unpaired) electrons. The van der Waals surface area contributed by atoms with Gasteiger partial charge in [0.25, 0.3) is 5.91 Å². The number of nitrogens with one attached hydrogen (secondary N) is 1. The Balaban J connectivity index is 1.69. The van der Waals surface area contributed by atoms with Gasteiger partial charge in [0.2, 0.25) is 0 Å². The van der Waals surface area contributed by atoms with Gasteiger partial charge in [-0.1, -0.05) is 15.9 Å². The molecule has 0 unspecified atom stereocenters. The molecular weight excluding hydrogens is 412 g/mol. The lowest BCUT2D eigenvalue weighted by atomic mass is 10.2. The van der Waals surface area contributed by atoms with E-state index in [2.05, 4.69) is 26.2 Å². The molecule has 0 aliphatic heterocycles. The van der Waals surface area contributed by atoms with Crippen molar-refractivity contribution in [2.24, 2.45) is 0 Å². The van der Waals surface area contributed by atoms with E-state index in [1.807, 2.05) is 55.5 Å². The van der Waals surface area contributed by atoms with Gasteiger partial charge < -0.3 is 10.1 Å². The number of halogens is 1. The highest BCUT2D eigenvalue weighted by Crippen LogP contribution is 2.30. The maximum absolute atomic E-state index is 12.7. The Morgan fingerprint density at radius 2 is 1.96 bits per heavy atom. The number of fused-ring (bicyclic) bond motifs is 2. The van der Waals surface area contributed by atoms with Gasteiger partial charge >= 0.3 is 0 Å². The highest BCUT2D eigenvalue weighted by atomic mass is 79.9. The van der Waals surface area contributed by atoms with Gasteiger partial charge in [-0.2, -0.15) is 0 Å². The van der Waals surface area contributed by atoms with Crippen LogP contribution in [0.15, 0.2) is 53.0 Å². The monoisotopic (exact) mass is 426 g/mol. The molecule has 4 nitrogen and oxygen atoms in total. The van der Waals surface area contributed by atoms with E-state index in [1.165, 1.54) is 11.3 Å². The maximum Gasteiger partial charge on any atom is 0.265 e. The largest absolute Gasteiger partial charge is 0.497 e. The Morgan fingerprint density at radius 3 is 2.73 bits per heavy atom. The lowest BCUT2D eigenvalue weighted by molar-refractivity contribution is 0.103. The number of nitrogens with zero attached hydrogens (tertiary/aromatic N) is 1. The van der Waals surface area contributed by atoms with Crippen LogP contribution in [0.2, 0.25) is 0 Å². The predicted octanol–water partition coefficient (Wildman–Crippen LogP) is 5.78. The third kappa shape index (κ3) is 3.18.